The van der Waals surface area contributed by atoms with Gasteiger partial charge in [-0.2, -0.15) is 0 Å². The first kappa shape index (κ1) is 13.3. The molecule has 0 saturated carbocycles. The molecule has 2 aromatic heterocycles. The monoisotopic (exact) mass is 279 g/mol. The Bertz CT molecular complexity index is 759. The summed E-state index contributed by atoms with van der Waals surface area (Å²) >= 11 is 0. The number of imidazole rings is 1. The first-order valence-corrected chi connectivity index (χ1v) is 6.78. The average Bonchev–Trinajstić information content (AvgIpc) is 2.90. The van der Waals surface area contributed by atoms with E-state index in [0.717, 1.165) is 23.4 Å². The van der Waals surface area contributed by atoms with Gasteiger partial charge in [-0.3, -0.25) is 0 Å². The van der Waals surface area contributed by atoms with Crippen LogP contribution in [-0.4, -0.2) is 38.5 Å². The van der Waals surface area contributed by atoms with Crippen molar-refractivity contribution in [3.05, 3.63) is 60.4 Å². The number of benzene rings is 1. The van der Waals surface area contributed by atoms with Gasteiger partial charge in [-0.15, -0.1) is 0 Å². The molecule has 21 heavy (non-hydrogen) atoms. The lowest BCUT2D eigenvalue weighted by atomic mass is 10.2. The van der Waals surface area contributed by atoms with Gasteiger partial charge in [0.2, 0.25) is 0 Å². The maximum atomic E-state index is 4.46. The van der Waals surface area contributed by atoms with Gasteiger partial charge in [0.25, 0.3) is 0 Å². The summed E-state index contributed by atoms with van der Waals surface area (Å²) in [5, 5.41) is 0. The maximum Gasteiger partial charge on any atom is 0.164 e. The molecule has 5 nitrogen and oxygen atoms in total. The molecule has 0 N–H and O–H groups in total. The second-order valence-corrected chi connectivity index (χ2v) is 5.07. The smallest absolute Gasteiger partial charge is 0.164 e. The highest BCUT2D eigenvalue weighted by Gasteiger charge is 2.08. The van der Waals surface area contributed by atoms with Crippen molar-refractivity contribution in [3.8, 4) is 0 Å². The summed E-state index contributed by atoms with van der Waals surface area (Å²) in [6.07, 6.45) is 7.31. The van der Waals surface area contributed by atoms with E-state index in [2.05, 4.69) is 27.1 Å². The Balaban J connectivity index is 1.97. The van der Waals surface area contributed by atoms with Crippen LogP contribution in [0.1, 0.15) is 11.3 Å². The van der Waals surface area contributed by atoms with Crippen LogP contribution in [-0.2, 0) is 6.54 Å². The molecule has 0 aliphatic heterocycles. The Labute approximate surface area is 123 Å². The van der Waals surface area contributed by atoms with E-state index >= 15 is 0 Å². The molecule has 0 atom stereocenters. The van der Waals surface area contributed by atoms with Crippen LogP contribution >= 0.6 is 0 Å². The van der Waals surface area contributed by atoms with Crippen molar-refractivity contribution in [2.45, 2.75) is 6.54 Å². The molecule has 3 rings (SSSR count). The standard InChI is InChI=1S/C16H17N5/c1-20(2)9-8-14-15-16(18-11-17-14)21(12-19-15)10-13-6-4-3-5-7-13/h3-9,11-12H,10H2,1-2H3/b9-8+. The molecule has 0 unspecified atom stereocenters. The minimum Gasteiger partial charge on any atom is -0.383 e. The fraction of sp³-hybridized carbons (Fsp3) is 0.188. The van der Waals surface area contributed by atoms with Gasteiger partial charge < -0.3 is 9.47 Å². The topological polar surface area (TPSA) is 46.8 Å². The zero-order valence-electron chi connectivity index (χ0n) is 12.1. The van der Waals surface area contributed by atoms with Crippen LogP contribution in [0.25, 0.3) is 17.2 Å². The third-order valence-corrected chi connectivity index (χ3v) is 3.16. The molecule has 0 aliphatic rings. The van der Waals surface area contributed by atoms with Crippen molar-refractivity contribution < 1.29 is 0 Å². The second-order valence-electron chi connectivity index (χ2n) is 5.07. The predicted octanol–water partition coefficient (Wildman–Crippen LogP) is 2.41. The number of nitrogens with zero attached hydrogens (tertiary/aromatic N) is 5. The Kier molecular flexibility index (Phi) is 3.64. The van der Waals surface area contributed by atoms with Crippen LogP contribution in [0.5, 0.6) is 0 Å². The molecule has 0 fully saturated rings. The van der Waals surface area contributed by atoms with E-state index < -0.39 is 0 Å². The largest absolute Gasteiger partial charge is 0.383 e. The number of rotatable bonds is 4. The van der Waals surface area contributed by atoms with E-state index in [1.54, 1.807) is 6.33 Å². The van der Waals surface area contributed by atoms with Gasteiger partial charge in [0.1, 0.15) is 11.8 Å². The van der Waals surface area contributed by atoms with Gasteiger partial charge in [-0.05, 0) is 11.6 Å². The minimum absolute atomic E-state index is 0.755. The van der Waals surface area contributed by atoms with Crippen LogP contribution in [0, 0.1) is 0 Å². The lowest BCUT2D eigenvalue weighted by Gasteiger charge is -2.04. The maximum absolute atomic E-state index is 4.46. The van der Waals surface area contributed by atoms with Gasteiger partial charge in [0.15, 0.2) is 5.65 Å². The van der Waals surface area contributed by atoms with Crippen LogP contribution in [0.2, 0.25) is 0 Å². The summed E-state index contributed by atoms with van der Waals surface area (Å²) in [7, 11) is 3.95. The van der Waals surface area contributed by atoms with Gasteiger partial charge >= 0.3 is 0 Å². The second kappa shape index (κ2) is 5.75. The molecule has 0 amide bonds. The van der Waals surface area contributed by atoms with Gasteiger partial charge in [0, 0.05) is 20.3 Å². The van der Waals surface area contributed by atoms with Gasteiger partial charge in [-0.25, -0.2) is 15.0 Å². The van der Waals surface area contributed by atoms with Crippen molar-refractivity contribution >= 4 is 17.2 Å². The fourth-order valence-corrected chi connectivity index (χ4v) is 2.14. The first-order valence-electron chi connectivity index (χ1n) is 6.78. The lowest BCUT2D eigenvalue weighted by Crippen LogP contribution is -2.01. The van der Waals surface area contributed by atoms with Crippen LogP contribution in [0.4, 0.5) is 0 Å². The summed E-state index contributed by atoms with van der Waals surface area (Å²) in [6.45, 7) is 0.755. The summed E-state index contributed by atoms with van der Waals surface area (Å²) in [5.41, 5.74) is 3.74. The Morgan fingerprint density at radius 3 is 2.67 bits per heavy atom. The van der Waals surface area contributed by atoms with E-state index in [-0.39, 0.29) is 0 Å². The molecule has 106 valence electrons. The van der Waals surface area contributed by atoms with Crippen LogP contribution < -0.4 is 0 Å². The fourth-order valence-electron chi connectivity index (χ4n) is 2.14. The first-order chi connectivity index (χ1) is 10.2. The number of aromatic nitrogens is 4. The Morgan fingerprint density at radius 1 is 1.10 bits per heavy atom. The van der Waals surface area contributed by atoms with Crippen LogP contribution in [0.3, 0.4) is 0 Å². The molecule has 3 aromatic rings. The normalized spacial score (nSPS) is 11.3. The molecular weight excluding hydrogens is 262 g/mol. The number of hydrogen-bond acceptors (Lipinski definition) is 4. The zero-order chi connectivity index (χ0) is 14.7. The highest BCUT2D eigenvalue weighted by atomic mass is 15.1. The zero-order valence-corrected chi connectivity index (χ0v) is 12.1. The quantitative estimate of drug-likeness (QED) is 0.736. The number of hydrogen-bond donors (Lipinski definition) is 0. The summed E-state index contributed by atoms with van der Waals surface area (Å²) < 4.78 is 2.04. The summed E-state index contributed by atoms with van der Waals surface area (Å²) in [6, 6.07) is 10.3. The molecule has 2 heterocycles. The molecule has 0 bridgehead atoms. The van der Waals surface area contributed by atoms with Crippen molar-refractivity contribution in [1.82, 2.24) is 24.4 Å². The van der Waals surface area contributed by atoms with Crippen molar-refractivity contribution in [2.75, 3.05) is 14.1 Å². The third kappa shape index (κ3) is 2.91. The lowest BCUT2D eigenvalue weighted by molar-refractivity contribution is 0.567. The van der Waals surface area contributed by atoms with E-state index in [1.807, 2.05) is 60.4 Å². The molecule has 0 spiro atoms. The average molecular weight is 279 g/mol. The van der Waals surface area contributed by atoms with E-state index in [1.165, 1.54) is 5.56 Å². The molecule has 5 heteroatoms. The van der Waals surface area contributed by atoms with Crippen molar-refractivity contribution in [2.24, 2.45) is 0 Å². The molecule has 0 saturated heterocycles. The van der Waals surface area contributed by atoms with Crippen molar-refractivity contribution in [1.29, 1.82) is 0 Å². The highest BCUT2D eigenvalue weighted by molar-refractivity contribution is 5.79. The Morgan fingerprint density at radius 2 is 1.90 bits per heavy atom. The number of fused-ring (bicyclic) bond motifs is 1. The van der Waals surface area contributed by atoms with Crippen LogP contribution in [0.15, 0.2) is 49.2 Å². The summed E-state index contributed by atoms with van der Waals surface area (Å²) in [4.78, 5) is 15.1. The SMILES string of the molecule is CN(C)/C=C/c1ncnc2c1ncn2Cc1ccccc1. The Hall–Kier alpha value is -2.69. The predicted molar refractivity (Wildman–Crippen MR) is 83.6 cm³/mol. The third-order valence-electron chi connectivity index (χ3n) is 3.16. The van der Waals surface area contributed by atoms with Gasteiger partial charge in [-0.1, -0.05) is 30.3 Å². The minimum atomic E-state index is 0.755. The summed E-state index contributed by atoms with van der Waals surface area (Å²) in [5.74, 6) is 0. The van der Waals surface area contributed by atoms with Gasteiger partial charge in [0.05, 0.1) is 18.6 Å². The van der Waals surface area contributed by atoms with E-state index in [0.29, 0.717) is 0 Å². The molecule has 1 aromatic carbocycles. The molecular formula is C16H17N5. The van der Waals surface area contributed by atoms with Crippen molar-refractivity contribution in [3.63, 3.8) is 0 Å². The van der Waals surface area contributed by atoms with E-state index in [4.69, 9.17) is 0 Å². The molecule has 0 radical (unpaired) electrons. The highest BCUT2D eigenvalue weighted by Crippen LogP contribution is 2.15. The van der Waals surface area contributed by atoms with E-state index in [9.17, 15) is 0 Å². The molecule has 0 aliphatic carbocycles.